The van der Waals surface area contributed by atoms with Crippen LogP contribution in [0, 0.1) is 29.6 Å². The van der Waals surface area contributed by atoms with E-state index < -0.39 is 23.7 Å². The number of hydrogen-bond donors (Lipinski definition) is 2. The third kappa shape index (κ3) is 5.51. The lowest BCUT2D eigenvalue weighted by Gasteiger charge is -2.23. The Morgan fingerprint density at radius 2 is 1.93 bits per heavy atom. The second kappa shape index (κ2) is 10.1. The zero-order valence-electron chi connectivity index (χ0n) is 22.7. The van der Waals surface area contributed by atoms with Crippen molar-refractivity contribution in [2.75, 3.05) is 17.2 Å². The van der Waals surface area contributed by atoms with Crippen molar-refractivity contribution in [3.8, 4) is 6.07 Å². The van der Waals surface area contributed by atoms with Crippen LogP contribution in [0.5, 0.6) is 0 Å². The van der Waals surface area contributed by atoms with E-state index >= 15 is 0 Å². The topological polar surface area (TPSA) is 104 Å². The van der Waals surface area contributed by atoms with Gasteiger partial charge in [-0.15, -0.1) is 5.10 Å². The maximum absolute atomic E-state index is 13.9. The number of rotatable bonds is 7. The molecule has 2 N–H and O–H groups in total. The smallest absolute Gasteiger partial charge is 0.383 e. The molecule has 13 heteroatoms. The quantitative estimate of drug-likeness (QED) is 0.179. The maximum atomic E-state index is 13.9. The van der Waals surface area contributed by atoms with E-state index in [0.717, 1.165) is 4.68 Å². The number of pyridine rings is 2. The third-order valence-electron chi connectivity index (χ3n) is 7.05. The van der Waals surface area contributed by atoms with Gasteiger partial charge in [0.1, 0.15) is 11.8 Å². The molecule has 0 radical (unpaired) electrons. The first-order chi connectivity index (χ1) is 19.2. The van der Waals surface area contributed by atoms with Crippen molar-refractivity contribution in [1.82, 2.24) is 25.0 Å². The van der Waals surface area contributed by atoms with Gasteiger partial charge in [-0.05, 0) is 43.4 Å². The predicted octanol–water partition coefficient (Wildman–Crippen LogP) is 6.90. The molecule has 1 aliphatic rings. The summed E-state index contributed by atoms with van der Waals surface area (Å²) in [6.45, 7) is 8.31. The molecular weight excluding hydrogens is 560 g/mol. The first-order valence-corrected chi connectivity index (χ1v) is 13.3. The van der Waals surface area contributed by atoms with Crippen LogP contribution in [0.3, 0.4) is 0 Å². The van der Waals surface area contributed by atoms with Crippen LogP contribution in [0.2, 0.25) is 5.02 Å². The van der Waals surface area contributed by atoms with E-state index in [1.807, 2.05) is 0 Å². The Morgan fingerprint density at radius 1 is 1.20 bits per heavy atom. The number of fused-ring (bicyclic) bond motifs is 1. The van der Waals surface area contributed by atoms with Gasteiger partial charge >= 0.3 is 6.18 Å². The number of aromatic nitrogens is 5. The lowest BCUT2D eigenvalue weighted by molar-refractivity contribution is -0.182. The van der Waals surface area contributed by atoms with E-state index in [1.165, 1.54) is 24.5 Å². The van der Waals surface area contributed by atoms with E-state index in [4.69, 9.17) is 11.6 Å². The van der Waals surface area contributed by atoms with Crippen molar-refractivity contribution >= 4 is 33.9 Å². The highest BCUT2D eigenvalue weighted by molar-refractivity contribution is 6.35. The number of nitriles is 1. The minimum Gasteiger partial charge on any atom is -0.383 e. The molecule has 0 unspecified atom stereocenters. The zero-order valence-corrected chi connectivity index (χ0v) is 23.5. The number of alkyl halides is 3. The van der Waals surface area contributed by atoms with Crippen molar-refractivity contribution in [2.45, 2.75) is 58.3 Å². The Labute approximate surface area is 238 Å². The van der Waals surface area contributed by atoms with Crippen molar-refractivity contribution in [3.63, 3.8) is 0 Å². The Balaban J connectivity index is 1.61. The van der Waals surface area contributed by atoms with Crippen LogP contribution in [0.4, 0.5) is 28.9 Å². The molecule has 4 aromatic rings. The lowest BCUT2D eigenvalue weighted by atomic mass is 9.96. The van der Waals surface area contributed by atoms with Crippen molar-refractivity contribution in [1.29, 1.82) is 5.26 Å². The third-order valence-corrected chi connectivity index (χ3v) is 7.34. The Kier molecular flexibility index (Phi) is 7.06. The number of nitrogens with one attached hydrogen (secondary N) is 2. The average Bonchev–Trinajstić information content (AvgIpc) is 3.57. The second-order valence-corrected chi connectivity index (χ2v) is 11.8. The van der Waals surface area contributed by atoms with Crippen LogP contribution in [0.1, 0.15) is 62.2 Å². The Morgan fingerprint density at radius 3 is 2.54 bits per heavy atom. The maximum Gasteiger partial charge on any atom is 0.413 e. The van der Waals surface area contributed by atoms with E-state index in [1.54, 1.807) is 19.1 Å². The number of halogens is 5. The largest absolute Gasteiger partial charge is 0.413 e. The molecular formula is C28H27ClF4N8. The van der Waals surface area contributed by atoms with E-state index in [2.05, 4.69) is 57.8 Å². The normalized spacial score (nSPS) is 15.4. The SMILES string of the molecule is Cc1nc(F)ccc1[C@H](Nc1cc(Cl)c2ncc(C#N)c(NCC(C)(C)C)c2c1)c1cn(C2(C(F)(F)F)CC2)nn1. The molecule has 41 heavy (non-hydrogen) atoms. The van der Waals surface area contributed by atoms with E-state index in [0.29, 0.717) is 50.7 Å². The first kappa shape index (κ1) is 28.5. The summed E-state index contributed by atoms with van der Waals surface area (Å²) in [5.41, 5.74) is 0.635. The van der Waals surface area contributed by atoms with Crippen molar-refractivity contribution < 1.29 is 17.6 Å². The summed E-state index contributed by atoms with van der Waals surface area (Å²) in [4.78, 5) is 8.27. The Hall–Kier alpha value is -3.98. The zero-order chi connectivity index (χ0) is 29.7. The van der Waals surface area contributed by atoms with Gasteiger partial charge in [-0.3, -0.25) is 4.98 Å². The number of benzene rings is 1. The highest BCUT2D eigenvalue weighted by atomic mass is 35.5. The summed E-state index contributed by atoms with van der Waals surface area (Å²) < 4.78 is 56.1. The minimum atomic E-state index is -4.48. The van der Waals surface area contributed by atoms with Crippen molar-refractivity contribution in [2.24, 2.45) is 5.41 Å². The summed E-state index contributed by atoms with van der Waals surface area (Å²) in [6.07, 6.45) is -1.95. The molecule has 5 rings (SSSR count). The van der Waals surface area contributed by atoms with E-state index in [-0.39, 0.29) is 24.0 Å². The van der Waals surface area contributed by atoms with Crippen molar-refractivity contribution in [3.05, 3.63) is 70.1 Å². The number of aryl methyl sites for hydroxylation is 1. The molecule has 1 fully saturated rings. The van der Waals surface area contributed by atoms with Crippen LogP contribution >= 0.6 is 11.6 Å². The minimum absolute atomic E-state index is 0.0899. The monoisotopic (exact) mass is 586 g/mol. The van der Waals surface area contributed by atoms with E-state index in [9.17, 15) is 22.8 Å². The molecule has 0 aliphatic heterocycles. The van der Waals surface area contributed by atoms with Gasteiger partial charge in [0.2, 0.25) is 5.95 Å². The molecule has 0 amide bonds. The number of hydrogen-bond acceptors (Lipinski definition) is 7. The van der Waals surface area contributed by atoms with Gasteiger partial charge in [-0.1, -0.05) is 43.7 Å². The standard InChI is InChI=1S/C28H27ClF4N8/c1-15-18(5-6-22(30)37-15)25(21-13-41(40-39-21)27(7-8-27)28(31,32)33)38-17-9-19-23(36-14-26(2,3)4)16(11-34)12-35-24(19)20(29)10-17/h5-6,9-10,12-13,25,38H,7-8,14H2,1-4H3,(H,35,36)/t25-/m0/s1. The molecule has 214 valence electrons. The summed E-state index contributed by atoms with van der Waals surface area (Å²) in [5, 5.41) is 25.2. The second-order valence-electron chi connectivity index (χ2n) is 11.4. The summed E-state index contributed by atoms with van der Waals surface area (Å²) in [5.74, 6) is -0.693. The summed E-state index contributed by atoms with van der Waals surface area (Å²) in [6, 6.07) is 7.35. The van der Waals surface area contributed by atoms with Crippen LogP contribution < -0.4 is 10.6 Å². The molecule has 0 saturated heterocycles. The fourth-order valence-corrected chi connectivity index (χ4v) is 4.94. The lowest BCUT2D eigenvalue weighted by Crippen LogP contribution is -2.35. The highest BCUT2D eigenvalue weighted by Crippen LogP contribution is 2.55. The fourth-order valence-electron chi connectivity index (χ4n) is 4.67. The molecule has 3 heterocycles. The molecule has 1 atom stereocenters. The predicted molar refractivity (Wildman–Crippen MR) is 147 cm³/mol. The molecule has 0 spiro atoms. The Bertz CT molecular complexity index is 1660. The average molecular weight is 587 g/mol. The van der Waals surface area contributed by atoms with Crippen LogP contribution in [-0.2, 0) is 5.54 Å². The fraction of sp³-hybridized carbons (Fsp3) is 0.393. The van der Waals surface area contributed by atoms with Gasteiger partial charge in [-0.2, -0.15) is 22.8 Å². The van der Waals surface area contributed by atoms with Gasteiger partial charge in [-0.25, -0.2) is 9.67 Å². The highest BCUT2D eigenvalue weighted by Gasteiger charge is 2.66. The van der Waals surface area contributed by atoms with Gasteiger partial charge in [0, 0.05) is 35.1 Å². The van der Waals surface area contributed by atoms with Gasteiger partial charge in [0.15, 0.2) is 5.54 Å². The van der Waals surface area contributed by atoms with Gasteiger partial charge in [0.05, 0.1) is 34.0 Å². The summed E-state index contributed by atoms with van der Waals surface area (Å²) >= 11 is 6.64. The molecule has 3 aromatic heterocycles. The summed E-state index contributed by atoms with van der Waals surface area (Å²) in [7, 11) is 0. The van der Waals surface area contributed by atoms with Crippen LogP contribution in [-0.4, -0.2) is 37.7 Å². The number of anilines is 2. The van der Waals surface area contributed by atoms with Gasteiger partial charge in [0.25, 0.3) is 0 Å². The molecule has 0 bridgehead atoms. The molecule has 1 aromatic carbocycles. The number of nitrogens with zero attached hydrogens (tertiary/aromatic N) is 6. The van der Waals surface area contributed by atoms with Gasteiger partial charge < -0.3 is 10.6 Å². The molecule has 8 nitrogen and oxygen atoms in total. The molecule has 1 saturated carbocycles. The van der Waals surface area contributed by atoms with Crippen LogP contribution in [0.25, 0.3) is 10.9 Å². The van der Waals surface area contributed by atoms with Crippen LogP contribution in [0.15, 0.2) is 36.7 Å². The molecule has 1 aliphatic carbocycles. The first-order valence-electron chi connectivity index (χ1n) is 12.9.